The lowest BCUT2D eigenvalue weighted by Crippen LogP contribution is -2.16. The van der Waals surface area contributed by atoms with Crippen LogP contribution in [0.4, 0.5) is 0 Å². The third kappa shape index (κ3) is 2.50. The van der Waals surface area contributed by atoms with Gasteiger partial charge in [-0.15, -0.1) is 0 Å². The molecule has 5 heteroatoms. The molecule has 0 aromatic carbocycles. The molecule has 1 aromatic rings. The molecule has 0 fully saturated rings. The summed E-state index contributed by atoms with van der Waals surface area (Å²) >= 11 is 0. The minimum Gasteiger partial charge on any atom is -0.367 e. The second kappa shape index (κ2) is 4.94. The van der Waals surface area contributed by atoms with Gasteiger partial charge in [-0.1, -0.05) is 12.1 Å². The largest absolute Gasteiger partial charge is 0.367 e. The molecular weight excluding hydrogens is 170 g/mol. The minimum atomic E-state index is -0.266. The molecule has 5 nitrogen and oxygen atoms in total. The van der Waals surface area contributed by atoms with Gasteiger partial charge in [0, 0.05) is 19.6 Å². The molecule has 0 radical (unpaired) electrons. The fraction of sp³-hybridized carbons (Fsp3) is 0.750. The first kappa shape index (κ1) is 10.1. The Hall–Kier alpha value is -0.940. The van der Waals surface area contributed by atoms with Crippen LogP contribution in [0.25, 0.3) is 0 Å². The summed E-state index contributed by atoms with van der Waals surface area (Å²) in [7, 11) is 0. The normalized spacial score (nSPS) is 13.2. The molecule has 1 heterocycles. The number of hydrogen-bond acceptors (Lipinski definition) is 5. The monoisotopic (exact) mass is 185 g/mol. The van der Waals surface area contributed by atoms with Gasteiger partial charge in [0.25, 0.3) is 5.89 Å². The van der Waals surface area contributed by atoms with Crippen LogP contribution in [0, 0.1) is 0 Å². The van der Waals surface area contributed by atoms with E-state index in [1.165, 1.54) is 0 Å². The van der Waals surface area contributed by atoms with Crippen LogP contribution in [-0.4, -0.2) is 23.3 Å². The Morgan fingerprint density at radius 3 is 2.77 bits per heavy atom. The average molecular weight is 185 g/mol. The van der Waals surface area contributed by atoms with Crippen molar-refractivity contribution >= 4 is 0 Å². The third-order valence-corrected chi connectivity index (χ3v) is 1.66. The average Bonchev–Trinajstić information content (AvgIpc) is 2.62. The summed E-state index contributed by atoms with van der Waals surface area (Å²) in [5.74, 6) is 1.16. The predicted octanol–water partition coefficient (Wildman–Crippen LogP) is 0.668. The predicted molar refractivity (Wildman–Crippen MR) is 47.1 cm³/mol. The van der Waals surface area contributed by atoms with Crippen LogP contribution < -0.4 is 5.73 Å². The number of hydrogen-bond donors (Lipinski definition) is 1. The molecule has 0 aliphatic rings. The van der Waals surface area contributed by atoms with Crippen LogP contribution in [0.3, 0.4) is 0 Å². The molecule has 0 aliphatic heterocycles. The molecule has 1 rings (SSSR count). The molecule has 1 unspecified atom stereocenters. The minimum absolute atomic E-state index is 0.266. The summed E-state index contributed by atoms with van der Waals surface area (Å²) in [6.07, 6.45) is 0.491. The summed E-state index contributed by atoms with van der Waals surface area (Å²) in [5, 5.41) is 3.76. The quantitative estimate of drug-likeness (QED) is 0.729. The molecule has 0 spiro atoms. The van der Waals surface area contributed by atoms with E-state index < -0.39 is 0 Å². The first-order valence-electron chi connectivity index (χ1n) is 4.45. The van der Waals surface area contributed by atoms with E-state index in [2.05, 4.69) is 10.1 Å². The number of nitrogens with zero attached hydrogens (tertiary/aromatic N) is 2. The lowest BCUT2D eigenvalue weighted by atomic mass is 10.3. The molecule has 74 valence electrons. The molecule has 0 amide bonds. The fourth-order valence-corrected chi connectivity index (χ4v) is 0.983. The number of rotatable bonds is 5. The second-order valence-electron chi connectivity index (χ2n) is 2.58. The van der Waals surface area contributed by atoms with E-state index in [0.717, 1.165) is 6.42 Å². The first-order valence-corrected chi connectivity index (χ1v) is 4.45. The van der Waals surface area contributed by atoms with E-state index in [1.54, 1.807) is 0 Å². The van der Waals surface area contributed by atoms with E-state index in [9.17, 15) is 0 Å². The maximum absolute atomic E-state index is 5.49. The van der Waals surface area contributed by atoms with Crippen molar-refractivity contribution in [1.29, 1.82) is 0 Å². The maximum Gasteiger partial charge on any atom is 0.257 e. The van der Waals surface area contributed by atoms with Crippen molar-refractivity contribution in [3.8, 4) is 0 Å². The van der Waals surface area contributed by atoms with E-state index in [4.69, 9.17) is 15.0 Å². The molecule has 13 heavy (non-hydrogen) atoms. The van der Waals surface area contributed by atoms with Gasteiger partial charge >= 0.3 is 0 Å². The van der Waals surface area contributed by atoms with Crippen LogP contribution in [0.2, 0.25) is 0 Å². The molecule has 0 aliphatic carbocycles. The highest BCUT2D eigenvalue weighted by Crippen LogP contribution is 2.13. The Morgan fingerprint density at radius 2 is 2.31 bits per heavy atom. The van der Waals surface area contributed by atoms with E-state index in [-0.39, 0.29) is 6.10 Å². The van der Waals surface area contributed by atoms with Crippen LogP contribution in [-0.2, 0) is 11.2 Å². The lowest BCUT2D eigenvalue weighted by molar-refractivity contribution is 0.0448. The van der Waals surface area contributed by atoms with E-state index in [1.807, 2.05) is 13.8 Å². The van der Waals surface area contributed by atoms with Crippen molar-refractivity contribution in [2.45, 2.75) is 26.4 Å². The molecule has 1 atom stereocenters. The highest BCUT2D eigenvalue weighted by Gasteiger charge is 2.16. The zero-order valence-corrected chi connectivity index (χ0v) is 7.99. The summed E-state index contributed by atoms with van der Waals surface area (Å²) in [6, 6.07) is 0. The fourth-order valence-electron chi connectivity index (χ4n) is 0.983. The molecule has 0 saturated carbocycles. The summed E-state index contributed by atoms with van der Waals surface area (Å²) < 4.78 is 10.3. The van der Waals surface area contributed by atoms with Gasteiger partial charge in [0.05, 0.1) is 0 Å². The Labute approximate surface area is 77.3 Å². The molecule has 0 saturated heterocycles. The smallest absolute Gasteiger partial charge is 0.257 e. The zero-order chi connectivity index (χ0) is 9.68. The molecule has 1 aromatic heterocycles. The maximum atomic E-state index is 5.49. The second-order valence-corrected chi connectivity index (χ2v) is 2.58. The Bertz CT molecular complexity index is 249. The van der Waals surface area contributed by atoms with Crippen LogP contribution in [0.5, 0.6) is 0 Å². The van der Waals surface area contributed by atoms with Crippen molar-refractivity contribution in [3.63, 3.8) is 0 Å². The number of aryl methyl sites for hydroxylation is 1. The van der Waals surface area contributed by atoms with Gasteiger partial charge in [-0.05, 0) is 6.92 Å². The van der Waals surface area contributed by atoms with Crippen molar-refractivity contribution < 1.29 is 9.26 Å². The molecule has 0 bridgehead atoms. The number of aromatic nitrogens is 2. The molecule has 2 N–H and O–H groups in total. The Kier molecular flexibility index (Phi) is 3.85. The zero-order valence-electron chi connectivity index (χ0n) is 7.99. The van der Waals surface area contributed by atoms with Crippen molar-refractivity contribution in [2.75, 3.05) is 13.2 Å². The first-order chi connectivity index (χ1) is 6.31. The van der Waals surface area contributed by atoms with Gasteiger partial charge in [-0.3, -0.25) is 0 Å². The Morgan fingerprint density at radius 1 is 1.54 bits per heavy atom. The van der Waals surface area contributed by atoms with Crippen LogP contribution in [0.1, 0.15) is 31.7 Å². The third-order valence-electron chi connectivity index (χ3n) is 1.66. The van der Waals surface area contributed by atoms with Crippen molar-refractivity contribution in [2.24, 2.45) is 5.73 Å². The van der Waals surface area contributed by atoms with Gasteiger partial charge in [0.2, 0.25) is 0 Å². The number of nitrogens with two attached hydrogens (primary N) is 1. The van der Waals surface area contributed by atoms with Gasteiger partial charge < -0.3 is 15.0 Å². The summed E-state index contributed by atoms with van der Waals surface area (Å²) in [6.45, 7) is 4.82. The SMILES string of the molecule is CCOC(CN)c1nc(CC)no1. The van der Waals surface area contributed by atoms with E-state index >= 15 is 0 Å². The molecular formula is C8H15N3O2. The summed E-state index contributed by atoms with van der Waals surface area (Å²) in [4.78, 5) is 4.14. The van der Waals surface area contributed by atoms with Gasteiger partial charge in [0.15, 0.2) is 5.82 Å². The van der Waals surface area contributed by atoms with Crippen LogP contribution >= 0.6 is 0 Å². The van der Waals surface area contributed by atoms with Gasteiger partial charge in [0.1, 0.15) is 6.10 Å². The van der Waals surface area contributed by atoms with Crippen molar-refractivity contribution in [3.05, 3.63) is 11.7 Å². The van der Waals surface area contributed by atoms with E-state index in [0.29, 0.717) is 24.9 Å². The standard InChI is InChI=1S/C8H15N3O2/c1-3-7-10-8(13-11-7)6(5-9)12-4-2/h6H,3-5,9H2,1-2H3. The highest BCUT2D eigenvalue weighted by atomic mass is 16.5. The van der Waals surface area contributed by atoms with Crippen LogP contribution in [0.15, 0.2) is 4.52 Å². The lowest BCUT2D eigenvalue weighted by Gasteiger charge is -2.08. The highest BCUT2D eigenvalue weighted by molar-refractivity contribution is 4.90. The van der Waals surface area contributed by atoms with Gasteiger partial charge in [-0.25, -0.2) is 0 Å². The summed E-state index contributed by atoms with van der Waals surface area (Å²) in [5.41, 5.74) is 5.49. The number of ether oxygens (including phenoxy) is 1. The van der Waals surface area contributed by atoms with Gasteiger partial charge in [-0.2, -0.15) is 4.98 Å². The van der Waals surface area contributed by atoms with Crippen molar-refractivity contribution in [1.82, 2.24) is 10.1 Å². The topological polar surface area (TPSA) is 74.2 Å². The Balaban J connectivity index is 2.67.